The van der Waals surface area contributed by atoms with Crippen LogP contribution >= 0.6 is 0 Å². The molecule has 1 heterocycles. The van der Waals surface area contributed by atoms with Crippen LogP contribution in [-0.4, -0.2) is 46.0 Å². The van der Waals surface area contributed by atoms with Gasteiger partial charge in [0.1, 0.15) is 10.8 Å². The van der Waals surface area contributed by atoms with Gasteiger partial charge in [-0.3, -0.25) is 14.4 Å². The van der Waals surface area contributed by atoms with E-state index in [2.05, 4.69) is 0 Å². The van der Waals surface area contributed by atoms with Gasteiger partial charge in [0.15, 0.2) is 0 Å². The molecule has 2 N–H and O–H groups in total. The lowest BCUT2D eigenvalue weighted by Crippen LogP contribution is -2.34. The predicted octanol–water partition coefficient (Wildman–Crippen LogP) is 1.32. The average molecular weight is 317 g/mol. The summed E-state index contributed by atoms with van der Waals surface area (Å²) in [5.74, 6) is -2.42. The van der Waals surface area contributed by atoms with Crippen molar-refractivity contribution in [2.24, 2.45) is 10.8 Å². The van der Waals surface area contributed by atoms with E-state index in [1.165, 1.54) is 4.90 Å². The average Bonchev–Trinajstić information content (AvgIpc) is 3.05. The molecule has 1 aromatic rings. The number of aryl methyl sites for hydroxylation is 2. The Balaban J connectivity index is 1.65. The maximum Gasteiger partial charge on any atom is 0.312 e. The largest absolute Gasteiger partial charge is 0.481 e. The Morgan fingerprint density at radius 1 is 1.04 bits per heavy atom. The van der Waals surface area contributed by atoms with Gasteiger partial charge in [0.25, 0.3) is 0 Å². The van der Waals surface area contributed by atoms with Crippen LogP contribution in [0.15, 0.2) is 24.3 Å². The molecule has 2 fully saturated rings. The van der Waals surface area contributed by atoms with Gasteiger partial charge in [-0.05, 0) is 25.3 Å². The van der Waals surface area contributed by atoms with E-state index in [0.29, 0.717) is 6.42 Å². The number of hydrogen-bond donors (Lipinski definition) is 2. The number of fused-ring (bicyclic) bond motifs is 1. The molecule has 0 aromatic heterocycles. The molecule has 1 aliphatic carbocycles. The van der Waals surface area contributed by atoms with Gasteiger partial charge in [-0.25, -0.2) is 0 Å². The molecular formula is C17H19NO5. The SMILES string of the molecule is Cc1ccc(CCC(=O)N2C[C@@]3(C(=O)O)C[C@@]3(C(=O)O)C2)cc1. The Morgan fingerprint density at radius 2 is 1.57 bits per heavy atom. The second-order valence-corrected chi connectivity index (χ2v) is 6.69. The number of piperidine rings is 1. The van der Waals surface area contributed by atoms with E-state index in [4.69, 9.17) is 0 Å². The molecule has 122 valence electrons. The van der Waals surface area contributed by atoms with Gasteiger partial charge in [0.2, 0.25) is 5.91 Å². The third kappa shape index (κ3) is 2.29. The molecule has 6 nitrogen and oxygen atoms in total. The Bertz CT molecular complexity index is 655. The summed E-state index contributed by atoms with van der Waals surface area (Å²) in [6, 6.07) is 7.87. The number of benzene rings is 1. The van der Waals surface area contributed by atoms with Crippen molar-refractivity contribution in [1.82, 2.24) is 4.90 Å². The van der Waals surface area contributed by atoms with E-state index in [0.717, 1.165) is 11.1 Å². The first-order valence-electron chi connectivity index (χ1n) is 7.61. The minimum Gasteiger partial charge on any atom is -0.481 e. The Kier molecular flexibility index (Phi) is 3.43. The van der Waals surface area contributed by atoms with Gasteiger partial charge >= 0.3 is 11.9 Å². The van der Waals surface area contributed by atoms with Gasteiger partial charge < -0.3 is 15.1 Å². The Labute approximate surface area is 133 Å². The van der Waals surface area contributed by atoms with Gasteiger partial charge in [0, 0.05) is 19.5 Å². The zero-order chi connectivity index (χ0) is 16.8. The van der Waals surface area contributed by atoms with Crippen molar-refractivity contribution in [2.75, 3.05) is 13.1 Å². The minimum atomic E-state index is -1.29. The molecule has 2 atom stereocenters. The number of aliphatic carboxylic acids is 2. The molecule has 1 saturated carbocycles. The molecule has 1 aromatic carbocycles. The summed E-state index contributed by atoms with van der Waals surface area (Å²) in [5, 5.41) is 18.7. The van der Waals surface area contributed by atoms with Crippen molar-refractivity contribution in [3.8, 4) is 0 Å². The summed E-state index contributed by atoms with van der Waals surface area (Å²) in [6.07, 6.45) is 0.941. The number of carboxylic acid groups (broad SMARTS) is 2. The lowest BCUT2D eigenvalue weighted by Gasteiger charge is -2.20. The normalized spacial score (nSPS) is 28.3. The quantitative estimate of drug-likeness (QED) is 0.854. The van der Waals surface area contributed by atoms with Crippen molar-refractivity contribution in [2.45, 2.75) is 26.2 Å². The van der Waals surface area contributed by atoms with E-state index < -0.39 is 22.8 Å². The zero-order valence-corrected chi connectivity index (χ0v) is 12.9. The Morgan fingerprint density at radius 3 is 2.04 bits per heavy atom. The molecule has 0 unspecified atom stereocenters. The van der Waals surface area contributed by atoms with Gasteiger partial charge in [0.05, 0.1) is 0 Å². The number of hydrogen-bond acceptors (Lipinski definition) is 3. The van der Waals surface area contributed by atoms with Crippen LogP contribution in [0, 0.1) is 17.8 Å². The second kappa shape index (κ2) is 5.08. The molecule has 1 aliphatic heterocycles. The molecule has 1 amide bonds. The number of carboxylic acids is 2. The number of carbonyl (C=O) groups excluding carboxylic acids is 1. The Hall–Kier alpha value is -2.37. The number of nitrogens with zero attached hydrogens (tertiary/aromatic N) is 1. The molecule has 0 spiro atoms. The maximum absolute atomic E-state index is 12.3. The topological polar surface area (TPSA) is 94.9 Å². The highest BCUT2D eigenvalue weighted by Crippen LogP contribution is 2.68. The van der Waals surface area contributed by atoms with Crippen molar-refractivity contribution < 1.29 is 24.6 Å². The van der Waals surface area contributed by atoms with E-state index in [9.17, 15) is 24.6 Å². The zero-order valence-electron chi connectivity index (χ0n) is 12.9. The number of likely N-dealkylation sites (tertiary alicyclic amines) is 1. The van der Waals surface area contributed by atoms with Crippen LogP contribution in [0.25, 0.3) is 0 Å². The second-order valence-electron chi connectivity index (χ2n) is 6.69. The van der Waals surface area contributed by atoms with Crippen molar-refractivity contribution in [3.05, 3.63) is 35.4 Å². The van der Waals surface area contributed by atoms with Gasteiger partial charge in [-0.1, -0.05) is 29.8 Å². The summed E-state index contributed by atoms with van der Waals surface area (Å²) >= 11 is 0. The smallest absolute Gasteiger partial charge is 0.312 e. The third-order valence-corrected chi connectivity index (χ3v) is 5.24. The summed E-state index contributed by atoms with van der Waals surface area (Å²) in [4.78, 5) is 36.6. The highest BCUT2D eigenvalue weighted by atomic mass is 16.4. The van der Waals surface area contributed by atoms with E-state index in [-0.39, 0.29) is 31.8 Å². The van der Waals surface area contributed by atoms with Crippen molar-refractivity contribution in [3.63, 3.8) is 0 Å². The summed E-state index contributed by atoms with van der Waals surface area (Å²) in [5.41, 5.74) is -0.405. The van der Waals surface area contributed by atoms with Crippen LogP contribution in [0.4, 0.5) is 0 Å². The lowest BCUT2D eigenvalue weighted by atomic mass is 9.97. The van der Waals surface area contributed by atoms with Crippen LogP contribution in [0.2, 0.25) is 0 Å². The molecule has 6 heteroatoms. The highest BCUT2D eigenvalue weighted by Gasteiger charge is 2.81. The van der Waals surface area contributed by atoms with Gasteiger partial charge in [-0.15, -0.1) is 0 Å². The first-order valence-corrected chi connectivity index (χ1v) is 7.61. The molecule has 0 bridgehead atoms. The molecule has 1 saturated heterocycles. The fraction of sp³-hybridized carbons (Fsp3) is 0.471. The summed E-state index contributed by atoms with van der Waals surface area (Å²) in [6.45, 7) is 1.99. The van der Waals surface area contributed by atoms with Crippen LogP contribution < -0.4 is 0 Å². The van der Waals surface area contributed by atoms with Crippen molar-refractivity contribution >= 4 is 17.8 Å². The minimum absolute atomic E-state index is 0.00135. The third-order valence-electron chi connectivity index (χ3n) is 5.24. The lowest BCUT2D eigenvalue weighted by molar-refractivity contribution is -0.151. The number of carbonyl (C=O) groups is 3. The fourth-order valence-electron chi connectivity index (χ4n) is 3.63. The van der Waals surface area contributed by atoms with Crippen LogP contribution in [0.3, 0.4) is 0 Å². The monoisotopic (exact) mass is 317 g/mol. The molecular weight excluding hydrogens is 298 g/mol. The highest BCUT2D eigenvalue weighted by molar-refractivity contribution is 5.96. The maximum atomic E-state index is 12.3. The summed E-state index contributed by atoms with van der Waals surface area (Å²) < 4.78 is 0. The standard InChI is InChI=1S/C17H19NO5/c1-11-2-4-12(5-3-11)6-7-13(19)18-9-16(14(20)21)8-17(16,10-18)15(22)23/h2-5H,6-10H2,1H3,(H,20,21)(H,22,23)/t16-,17+. The van der Waals surface area contributed by atoms with Crippen molar-refractivity contribution in [1.29, 1.82) is 0 Å². The van der Waals surface area contributed by atoms with Crippen LogP contribution in [-0.2, 0) is 20.8 Å². The molecule has 3 rings (SSSR count). The number of rotatable bonds is 5. The predicted molar refractivity (Wildman–Crippen MR) is 80.8 cm³/mol. The van der Waals surface area contributed by atoms with Crippen LogP contribution in [0.1, 0.15) is 24.0 Å². The first-order chi connectivity index (χ1) is 10.8. The van der Waals surface area contributed by atoms with E-state index in [1.807, 2.05) is 31.2 Å². The molecule has 2 aliphatic rings. The van der Waals surface area contributed by atoms with Crippen LogP contribution in [0.5, 0.6) is 0 Å². The first kappa shape index (κ1) is 15.5. The summed E-state index contributed by atoms with van der Waals surface area (Å²) in [7, 11) is 0. The molecule has 23 heavy (non-hydrogen) atoms. The van der Waals surface area contributed by atoms with E-state index in [1.54, 1.807) is 0 Å². The number of amides is 1. The molecule has 0 radical (unpaired) electrons. The fourth-order valence-corrected chi connectivity index (χ4v) is 3.63. The van der Waals surface area contributed by atoms with E-state index >= 15 is 0 Å². The van der Waals surface area contributed by atoms with Gasteiger partial charge in [-0.2, -0.15) is 0 Å².